The third-order valence-corrected chi connectivity index (χ3v) is 4.02. The summed E-state index contributed by atoms with van der Waals surface area (Å²) in [5.41, 5.74) is 0. The number of nitrogens with zero attached hydrogens (tertiary/aromatic N) is 1. The van der Waals surface area contributed by atoms with Crippen LogP contribution in [-0.4, -0.2) is 59.8 Å². The summed E-state index contributed by atoms with van der Waals surface area (Å²) >= 11 is 0. The third-order valence-electron chi connectivity index (χ3n) is 4.02. The summed E-state index contributed by atoms with van der Waals surface area (Å²) in [6, 6.07) is 0. The largest absolute Gasteiger partial charge is 1.00 e. The van der Waals surface area contributed by atoms with E-state index in [0.29, 0.717) is 26.1 Å². The maximum Gasteiger partial charge on any atom is 1.00 e. The first kappa shape index (κ1) is 27.1. The molecule has 0 aliphatic heterocycles. The second-order valence-corrected chi connectivity index (χ2v) is 6.26. The van der Waals surface area contributed by atoms with Gasteiger partial charge < -0.3 is 21.9 Å². The molecule has 0 radical (unpaired) electrons. The van der Waals surface area contributed by atoms with Gasteiger partial charge in [0, 0.05) is 26.1 Å². The fourth-order valence-corrected chi connectivity index (χ4v) is 2.62. The SMILES string of the molecule is CCCCCCCCCCCC(=O)N(CCNCCO)CC(=O)O.[H-].[Na+]. The number of aliphatic hydroxyl groups excluding tert-OH is 1. The van der Waals surface area contributed by atoms with Crippen LogP contribution < -0.4 is 34.9 Å². The van der Waals surface area contributed by atoms with Gasteiger partial charge in [0.1, 0.15) is 6.54 Å². The van der Waals surface area contributed by atoms with Gasteiger partial charge in [0.2, 0.25) is 5.91 Å². The summed E-state index contributed by atoms with van der Waals surface area (Å²) in [5, 5.41) is 20.6. The zero-order valence-electron chi connectivity index (χ0n) is 17.3. The Morgan fingerprint density at radius 2 is 1.52 bits per heavy atom. The van der Waals surface area contributed by atoms with Crippen molar-refractivity contribution in [1.29, 1.82) is 0 Å². The van der Waals surface area contributed by atoms with Crippen LogP contribution in [0, 0.1) is 0 Å². The quantitative estimate of drug-likeness (QED) is 0.238. The number of amides is 1. The molecule has 0 saturated carbocycles. The summed E-state index contributed by atoms with van der Waals surface area (Å²) in [6.07, 6.45) is 11.1. The molecule has 0 saturated heterocycles. The zero-order chi connectivity index (χ0) is 18.0. The van der Waals surface area contributed by atoms with Crippen LogP contribution in [0.4, 0.5) is 0 Å². The van der Waals surface area contributed by atoms with Crippen molar-refractivity contribution in [2.75, 3.05) is 32.8 Å². The second-order valence-electron chi connectivity index (χ2n) is 6.26. The van der Waals surface area contributed by atoms with Crippen LogP contribution in [0.15, 0.2) is 0 Å². The van der Waals surface area contributed by atoms with Crippen molar-refractivity contribution >= 4 is 11.9 Å². The molecule has 25 heavy (non-hydrogen) atoms. The summed E-state index contributed by atoms with van der Waals surface area (Å²) in [6.45, 7) is 3.31. The molecule has 0 aromatic carbocycles. The minimum absolute atomic E-state index is 0. The Balaban J connectivity index is -0.00000264. The molecule has 0 unspecified atom stereocenters. The first-order chi connectivity index (χ1) is 11.6. The molecule has 0 fully saturated rings. The van der Waals surface area contributed by atoms with Gasteiger partial charge in [0.25, 0.3) is 0 Å². The topological polar surface area (TPSA) is 89.9 Å². The van der Waals surface area contributed by atoms with E-state index in [2.05, 4.69) is 12.2 Å². The first-order valence-corrected chi connectivity index (χ1v) is 9.43. The number of hydrogen-bond acceptors (Lipinski definition) is 4. The number of unbranched alkanes of at least 4 members (excludes halogenated alkanes) is 8. The number of carboxylic acids is 1. The smallest absolute Gasteiger partial charge is 1.00 e. The molecule has 0 rings (SSSR count). The van der Waals surface area contributed by atoms with E-state index in [0.717, 1.165) is 19.3 Å². The van der Waals surface area contributed by atoms with Crippen molar-refractivity contribution in [2.45, 2.75) is 71.1 Å². The number of aliphatic carboxylic acids is 1. The van der Waals surface area contributed by atoms with Gasteiger partial charge >= 0.3 is 35.5 Å². The predicted octanol–water partition coefficient (Wildman–Crippen LogP) is -0.481. The monoisotopic (exact) mass is 368 g/mol. The molecular weight excluding hydrogens is 331 g/mol. The zero-order valence-corrected chi connectivity index (χ0v) is 18.3. The van der Waals surface area contributed by atoms with Crippen molar-refractivity contribution in [1.82, 2.24) is 10.2 Å². The van der Waals surface area contributed by atoms with Crippen molar-refractivity contribution in [3.8, 4) is 0 Å². The molecule has 0 aliphatic rings. The Kier molecular flexibility index (Phi) is 21.9. The summed E-state index contributed by atoms with van der Waals surface area (Å²) < 4.78 is 0. The van der Waals surface area contributed by atoms with Crippen molar-refractivity contribution < 1.29 is 50.8 Å². The molecule has 3 N–H and O–H groups in total. The van der Waals surface area contributed by atoms with Crippen LogP contribution in [0.25, 0.3) is 0 Å². The molecule has 0 bridgehead atoms. The molecular formula is C18H37N2NaO4. The van der Waals surface area contributed by atoms with E-state index < -0.39 is 5.97 Å². The standard InChI is InChI=1S/C18H36N2O4.Na.H/c1-2-3-4-5-6-7-8-9-10-11-17(22)20(16-18(23)24)14-12-19-13-15-21;;/h19,21H,2-16H2,1H3,(H,23,24);;/q;+1;-1. The molecule has 0 heterocycles. The van der Waals surface area contributed by atoms with Crippen LogP contribution in [0.1, 0.15) is 72.6 Å². The van der Waals surface area contributed by atoms with Gasteiger partial charge in [0.15, 0.2) is 0 Å². The summed E-state index contributed by atoms with van der Waals surface area (Å²) in [4.78, 5) is 24.4. The first-order valence-electron chi connectivity index (χ1n) is 9.43. The van der Waals surface area contributed by atoms with Crippen molar-refractivity contribution in [3.05, 3.63) is 0 Å². The van der Waals surface area contributed by atoms with E-state index >= 15 is 0 Å². The van der Waals surface area contributed by atoms with Crippen molar-refractivity contribution in [3.63, 3.8) is 0 Å². The number of nitrogens with one attached hydrogen (secondary N) is 1. The maximum absolute atomic E-state index is 12.1. The number of carboxylic acid groups (broad SMARTS) is 1. The van der Waals surface area contributed by atoms with E-state index in [1.54, 1.807) is 0 Å². The number of aliphatic hydroxyl groups is 1. The van der Waals surface area contributed by atoms with E-state index in [1.807, 2.05) is 0 Å². The van der Waals surface area contributed by atoms with Crippen LogP contribution >= 0.6 is 0 Å². The van der Waals surface area contributed by atoms with Gasteiger partial charge in [-0.15, -0.1) is 0 Å². The molecule has 7 heteroatoms. The van der Waals surface area contributed by atoms with Crippen LogP contribution in [-0.2, 0) is 9.59 Å². The number of rotatable bonds is 17. The van der Waals surface area contributed by atoms with E-state index in [4.69, 9.17) is 10.2 Å². The van der Waals surface area contributed by atoms with Gasteiger partial charge in [-0.1, -0.05) is 58.3 Å². The molecule has 0 aromatic rings. The normalized spacial score (nSPS) is 10.3. The molecule has 0 aliphatic carbocycles. The summed E-state index contributed by atoms with van der Waals surface area (Å²) in [7, 11) is 0. The average molecular weight is 368 g/mol. The van der Waals surface area contributed by atoms with Gasteiger partial charge in [0.05, 0.1) is 6.61 Å². The van der Waals surface area contributed by atoms with Crippen molar-refractivity contribution in [2.24, 2.45) is 0 Å². The fourth-order valence-electron chi connectivity index (χ4n) is 2.62. The van der Waals surface area contributed by atoms with E-state index in [1.165, 1.54) is 43.4 Å². The number of carbonyl (C=O) groups excluding carboxylic acids is 1. The fraction of sp³-hybridized carbons (Fsp3) is 0.889. The molecule has 0 atom stereocenters. The Morgan fingerprint density at radius 3 is 2.04 bits per heavy atom. The minimum Gasteiger partial charge on any atom is -1.00 e. The number of carbonyl (C=O) groups is 2. The van der Waals surface area contributed by atoms with Gasteiger partial charge in [-0.05, 0) is 6.42 Å². The van der Waals surface area contributed by atoms with Crippen LogP contribution in [0.3, 0.4) is 0 Å². The Labute approximate surface area is 176 Å². The Bertz CT molecular complexity index is 336. The molecule has 6 nitrogen and oxygen atoms in total. The summed E-state index contributed by atoms with van der Waals surface area (Å²) in [5.74, 6) is -1.08. The average Bonchev–Trinajstić information content (AvgIpc) is 2.55. The molecule has 1 amide bonds. The van der Waals surface area contributed by atoms with Crippen LogP contribution in [0.5, 0.6) is 0 Å². The Morgan fingerprint density at radius 1 is 0.960 bits per heavy atom. The third kappa shape index (κ3) is 18.4. The maximum atomic E-state index is 12.1. The molecule has 0 aromatic heterocycles. The van der Waals surface area contributed by atoms with Crippen LogP contribution in [0.2, 0.25) is 0 Å². The predicted molar refractivity (Wildman–Crippen MR) is 97.1 cm³/mol. The van der Waals surface area contributed by atoms with Gasteiger partial charge in [-0.25, -0.2) is 0 Å². The minimum atomic E-state index is -0.988. The van der Waals surface area contributed by atoms with E-state index in [9.17, 15) is 9.59 Å². The van der Waals surface area contributed by atoms with Gasteiger partial charge in [-0.3, -0.25) is 9.59 Å². The molecule has 0 spiro atoms. The van der Waals surface area contributed by atoms with Gasteiger partial charge in [-0.2, -0.15) is 0 Å². The molecule has 144 valence electrons. The second kappa shape index (κ2) is 20.2. The van der Waals surface area contributed by atoms with E-state index in [-0.39, 0.29) is 50.0 Å². The number of hydrogen-bond donors (Lipinski definition) is 3. The Hall–Kier alpha value is -0.140.